The van der Waals surface area contributed by atoms with Crippen molar-refractivity contribution in [2.45, 2.75) is 26.3 Å². The molecule has 1 rings (SSSR count). The van der Waals surface area contributed by atoms with E-state index < -0.39 is 0 Å². The first kappa shape index (κ1) is 9.03. The molecule has 0 aromatic heterocycles. The van der Waals surface area contributed by atoms with Crippen LogP contribution in [0, 0.1) is 0 Å². The van der Waals surface area contributed by atoms with Gasteiger partial charge in [0.05, 0.1) is 6.04 Å². The molecule has 1 fully saturated rings. The van der Waals surface area contributed by atoms with Crippen LogP contribution in [0.15, 0.2) is 0 Å². The number of nitrogens with zero attached hydrogens (tertiary/aromatic N) is 2. The van der Waals surface area contributed by atoms with E-state index in [0.29, 0.717) is 13.0 Å². The molecule has 4 nitrogen and oxygen atoms in total. The SMILES string of the molecule is CCC(=O)N1C(=O)N(C)CC1C. The lowest BCUT2D eigenvalue weighted by atomic mass is 10.3. The van der Waals surface area contributed by atoms with Gasteiger partial charge >= 0.3 is 6.03 Å². The largest absolute Gasteiger partial charge is 0.326 e. The Kier molecular flexibility index (Phi) is 2.35. The van der Waals surface area contributed by atoms with Gasteiger partial charge in [-0.05, 0) is 6.92 Å². The third-order valence-electron chi connectivity index (χ3n) is 2.08. The maximum Gasteiger partial charge on any atom is 0.326 e. The molecule has 0 bridgehead atoms. The third kappa shape index (κ3) is 1.29. The predicted molar refractivity (Wildman–Crippen MR) is 44.6 cm³/mol. The molecule has 0 saturated carbocycles. The van der Waals surface area contributed by atoms with E-state index >= 15 is 0 Å². The quantitative estimate of drug-likeness (QED) is 0.580. The molecule has 1 aliphatic rings. The maximum absolute atomic E-state index is 11.3. The van der Waals surface area contributed by atoms with Crippen LogP contribution in [0.3, 0.4) is 0 Å². The van der Waals surface area contributed by atoms with Crippen LogP contribution < -0.4 is 0 Å². The van der Waals surface area contributed by atoms with Gasteiger partial charge < -0.3 is 4.90 Å². The number of carbonyl (C=O) groups is 2. The summed E-state index contributed by atoms with van der Waals surface area (Å²) in [6, 6.07) is -0.149. The van der Waals surface area contributed by atoms with Crippen LogP contribution in [0.25, 0.3) is 0 Å². The van der Waals surface area contributed by atoms with E-state index in [9.17, 15) is 9.59 Å². The zero-order valence-electron chi connectivity index (χ0n) is 7.70. The molecular weight excluding hydrogens is 156 g/mol. The van der Waals surface area contributed by atoms with E-state index in [2.05, 4.69) is 0 Å². The van der Waals surface area contributed by atoms with Gasteiger partial charge in [0.25, 0.3) is 0 Å². The highest BCUT2D eigenvalue weighted by atomic mass is 16.2. The average Bonchev–Trinajstić information content (AvgIpc) is 2.26. The molecule has 0 N–H and O–H groups in total. The first-order valence-electron chi connectivity index (χ1n) is 4.15. The van der Waals surface area contributed by atoms with Gasteiger partial charge in [0, 0.05) is 20.0 Å². The highest BCUT2D eigenvalue weighted by Gasteiger charge is 2.35. The number of carbonyl (C=O) groups excluding carboxylic acids is 2. The van der Waals surface area contributed by atoms with Crippen molar-refractivity contribution in [1.82, 2.24) is 9.80 Å². The molecule has 0 aromatic rings. The van der Waals surface area contributed by atoms with Gasteiger partial charge in [-0.15, -0.1) is 0 Å². The summed E-state index contributed by atoms with van der Waals surface area (Å²) in [5.74, 6) is -0.0862. The lowest BCUT2D eigenvalue weighted by Gasteiger charge is -2.16. The first-order valence-corrected chi connectivity index (χ1v) is 4.15. The minimum Gasteiger partial charge on any atom is -0.325 e. The van der Waals surface area contributed by atoms with E-state index in [1.54, 1.807) is 18.9 Å². The van der Waals surface area contributed by atoms with Crippen LogP contribution in [-0.4, -0.2) is 41.4 Å². The number of hydrogen-bond donors (Lipinski definition) is 0. The summed E-state index contributed by atoms with van der Waals surface area (Å²) in [6.45, 7) is 4.29. The van der Waals surface area contributed by atoms with Crippen molar-refractivity contribution in [3.63, 3.8) is 0 Å². The average molecular weight is 170 g/mol. The molecule has 12 heavy (non-hydrogen) atoms. The second kappa shape index (κ2) is 3.13. The van der Waals surface area contributed by atoms with Crippen LogP contribution in [0.4, 0.5) is 4.79 Å². The molecule has 68 valence electrons. The lowest BCUT2D eigenvalue weighted by molar-refractivity contribution is -0.128. The summed E-state index contributed by atoms with van der Waals surface area (Å²) >= 11 is 0. The van der Waals surface area contributed by atoms with Crippen molar-refractivity contribution in [2.75, 3.05) is 13.6 Å². The Labute approximate surface area is 72.1 Å². The standard InChI is InChI=1S/C8H14N2O2/c1-4-7(11)10-6(2)5-9(3)8(10)12/h6H,4-5H2,1-3H3. The molecule has 0 aromatic carbocycles. The summed E-state index contributed by atoms with van der Waals surface area (Å²) in [6.07, 6.45) is 0.393. The van der Waals surface area contributed by atoms with Crippen molar-refractivity contribution in [3.8, 4) is 0 Å². The molecule has 0 aliphatic carbocycles. The minimum absolute atomic E-state index is 0.0231. The molecular formula is C8H14N2O2. The summed E-state index contributed by atoms with van der Waals surface area (Å²) in [4.78, 5) is 25.5. The van der Waals surface area contributed by atoms with Crippen LogP contribution in [0.2, 0.25) is 0 Å². The molecule has 1 aliphatic heterocycles. The molecule has 0 radical (unpaired) electrons. The number of rotatable bonds is 1. The Morgan fingerprint density at radius 2 is 2.25 bits per heavy atom. The Morgan fingerprint density at radius 1 is 1.67 bits per heavy atom. The highest BCUT2D eigenvalue weighted by Crippen LogP contribution is 2.14. The van der Waals surface area contributed by atoms with Crippen LogP contribution in [0.1, 0.15) is 20.3 Å². The van der Waals surface area contributed by atoms with E-state index in [-0.39, 0.29) is 18.0 Å². The fourth-order valence-corrected chi connectivity index (χ4v) is 1.45. The third-order valence-corrected chi connectivity index (χ3v) is 2.08. The van der Waals surface area contributed by atoms with Crippen molar-refractivity contribution in [2.24, 2.45) is 0 Å². The van der Waals surface area contributed by atoms with Gasteiger partial charge in [0.1, 0.15) is 0 Å². The Balaban J connectivity index is 2.76. The molecule has 1 heterocycles. The van der Waals surface area contributed by atoms with Gasteiger partial charge in [-0.25, -0.2) is 4.79 Å². The number of imide groups is 1. The number of amides is 3. The van der Waals surface area contributed by atoms with E-state index in [0.717, 1.165) is 0 Å². The van der Waals surface area contributed by atoms with Gasteiger partial charge in [0.2, 0.25) is 5.91 Å². The van der Waals surface area contributed by atoms with Crippen LogP contribution in [-0.2, 0) is 4.79 Å². The van der Waals surface area contributed by atoms with Crippen LogP contribution in [0.5, 0.6) is 0 Å². The second-order valence-corrected chi connectivity index (χ2v) is 3.13. The number of likely N-dealkylation sites (N-methyl/N-ethyl adjacent to an activating group) is 1. The van der Waals surface area contributed by atoms with E-state index in [1.807, 2.05) is 6.92 Å². The number of urea groups is 1. The Hall–Kier alpha value is -1.06. The summed E-state index contributed by atoms with van der Waals surface area (Å²) in [5, 5.41) is 0. The fourth-order valence-electron chi connectivity index (χ4n) is 1.45. The molecule has 4 heteroatoms. The normalized spacial score (nSPS) is 23.6. The van der Waals surface area contributed by atoms with Crippen molar-refractivity contribution in [1.29, 1.82) is 0 Å². The fraction of sp³-hybridized carbons (Fsp3) is 0.750. The molecule has 1 unspecified atom stereocenters. The Morgan fingerprint density at radius 3 is 2.58 bits per heavy atom. The zero-order chi connectivity index (χ0) is 9.30. The number of hydrogen-bond acceptors (Lipinski definition) is 2. The topological polar surface area (TPSA) is 40.6 Å². The highest BCUT2D eigenvalue weighted by molar-refractivity contribution is 5.96. The Bertz CT molecular complexity index is 215. The predicted octanol–water partition coefficient (Wildman–Crippen LogP) is 0.679. The maximum atomic E-state index is 11.3. The van der Waals surface area contributed by atoms with Crippen molar-refractivity contribution < 1.29 is 9.59 Å². The molecule has 0 spiro atoms. The van der Waals surface area contributed by atoms with Crippen molar-refractivity contribution >= 4 is 11.9 Å². The van der Waals surface area contributed by atoms with Gasteiger partial charge in [-0.1, -0.05) is 6.92 Å². The van der Waals surface area contributed by atoms with Crippen LogP contribution >= 0.6 is 0 Å². The lowest BCUT2D eigenvalue weighted by Crippen LogP contribution is -2.37. The molecule has 1 saturated heterocycles. The summed E-state index contributed by atoms with van der Waals surface area (Å²) < 4.78 is 0. The van der Waals surface area contributed by atoms with Crippen molar-refractivity contribution in [3.05, 3.63) is 0 Å². The molecule has 3 amide bonds. The van der Waals surface area contributed by atoms with E-state index in [4.69, 9.17) is 0 Å². The smallest absolute Gasteiger partial charge is 0.325 e. The van der Waals surface area contributed by atoms with Gasteiger partial charge in [0.15, 0.2) is 0 Å². The first-order chi connectivity index (χ1) is 5.57. The minimum atomic E-state index is -0.172. The summed E-state index contributed by atoms with van der Waals surface area (Å²) in [5.41, 5.74) is 0. The molecule has 1 atom stereocenters. The van der Waals surface area contributed by atoms with Gasteiger partial charge in [-0.2, -0.15) is 0 Å². The monoisotopic (exact) mass is 170 g/mol. The zero-order valence-corrected chi connectivity index (χ0v) is 7.70. The van der Waals surface area contributed by atoms with Gasteiger partial charge in [-0.3, -0.25) is 9.69 Å². The van der Waals surface area contributed by atoms with E-state index in [1.165, 1.54) is 4.90 Å². The second-order valence-electron chi connectivity index (χ2n) is 3.13. The summed E-state index contributed by atoms with van der Waals surface area (Å²) in [7, 11) is 1.71.